The van der Waals surface area contributed by atoms with Gasteiger partial charge in [0.15, 0.2) is 16.8 Å². The van der Waals surface area contributed by atoms with Gasteiger partial charge in [-0.2, -0.15) is 0 Å². The Bertz CT molecular complexity index is 432. The smallest absolute Gasteiger partial charge is 0.190 e. The Labute approximate surface area is 173 Å². The van der Waals surface area contributed by atoms with Crippen molar-refractivity contribution in [2.45, 2.75) is 41.5 Å². The van der Waals surface area contributed by atoms with Gasteiger partial charge in [0.1, 0.15) is 0 Å². The Morgan fingerprint density at radius 1 is 0.417 bits per heavy atom. The lowest BCUT2D eigenvalue weighted by molar-refractivity contribution is 1.53. The van der Waals surface area contributed by atoms with Crippen LogP contribution in [0.4, 0.5) is 0 Å². The van der Waals surface area contributed by atoms with Crippen molar-refractivity contribution in [3.05, 3.63) is 0 Å². The zero-order chi connectivity index (χ0) is 18.1. The second-order valence-corrected chi connectivity index (χ2v) is 30.2. The van der Waals surface area contributed by atoms with Crippen molar-refractivity contribution in [2.24, 2.45) is 13.5 Å². The van der Waals surface area contributed by atoms with Gasteiger partial charge in [-0.25, -0.2) is 13.5 Å². The quantitative estimate of drug-likeness (QED) is 0.248. The minimum Gasteiger partial charge on any atom is -0.202 e. The molecule has 1 aliphatic heterocycles. The highest BCUT2D eigenvalue weighted by molar-refractivity contribution is 9.00. The first-order valence-electron chi connectivity index (χ1n) is 8.27. The number of rotatable bonds is 12. The van der Waals surface area contributed by atoms with Gasteiger partial charge in [-0.1, -0.05) is 110 Å². The van der Waals surface area contributed by atoms with Gasteiger partial charge in [-0.15, -0.1) is 0 Å². The lowest BCUT2D eigenvalue weighted by Crippen LogP contribution is -1.83. The fraction of sp³-hybridized carbons (Fsp3) is 1.00. The molecule has 0 atom stereocenters. The molecule has 0 amide bonds. The Hall–Kier alpha value is 2.79. The van der Waals surface area contributed by atoms with Gasteiger partial charge in [-0.05, 0) is 34.5 Å². The van der Waals surface area contributed by atoms with E-state index in [9.17, 15) is 0 Å². The van der Waals surface area contributed by atoms with E-state index in [0.29, 0.717) is 0 Å². The molecule has 24 heavy (non-hydrogen) atoms. The van der Waals surface area contributed by atoms with Crippen LogP contribution in [0.1, 0.15) is 41.5 Å². The van der Waals surface area contributed by atoms with E-state index in [1.165, 1.54) is 0 Å². The van der Waals surface area contributed by atoms with Crippen LogP contribution in [0.15, 0.2) is 13.5 Å². The summed E-state index contributed by atoms with van der Waals surface area (Å²) in [6.45, 7) is 13.5. The molecule has 0 saturated carbocycles. The van der Waals surface area contributed by atoms with Gasteiger partial charge in [0.2, 0.25) is 0 Å². The summed E-state index contributed by atoms with van der Waals surface area (Å²) in [5.74, 6) is 6.55. The van der Waals surface area contributed by atoms with Gasteiger partial charge >= 0.3 is 0 Å². The highest BCUT2D eigenvalue weighted by Crippen LogP contribution is 2.96. The number of nitrogens with zero attached hydrogens (tertiary/aromatic N) is 3. The largest absolute Gasteiger partial charge is 0.202 e. The first kappa shape index (κ1) is 24.8. The average Bonchev–Trinajstić information content (AvgIpc) is 2.48. The summed E-state index contributed by atoms with van der Waals surface area (Å²) < 4.78 is 16.5. The molecule has 0 radical (unpaired) electrons. The molecule has 0 aromatic heterocycles. The molecule has 0 fully saturated rings. The normalized spacial score (nSPS) is 20.8. The summed E-state index contributed by atoms with van der Waals surface area (Å²) in [5.41, 5.74) is -5.24. The van der Waals surface area contributed by atoms with Crippen LogP contribution in [0.2, 0.25) is 0 Å². The van der Waals surface area contributed by atoms with E-state index in [2.05, 4.69) is 41.5 Å². The van der Waals surface area contributed by atoms with E-state index >= 15 is 0 Å². The molecule has 3 nitrogen and oxygen atoms in total. The van der Waals surface area contributed by atoms with E-state index in [1.54, 1.807) is 0 Å². The zero-order valence-corrected chi connectivity index (χ0v) is 23.0. The van der Waals surface area contributed by atoms with Crippen LogP contribution in [0, 0.1) is 0 Å². The molecule has 0 N–H and O–H groups in total. The van der Waals surface area contributed by atoms with E-state index < -0.39 is 16.8 Å². The fourth-order valence-electron chi connectivity index (χ4n) is 1.91. The van der Waals surface area contributed by atoms with Crippen molar-refractivity contribution in [2.75, 3.05) is 34.5 Å². The van der Waals surface area contributed by atoms with E-state index in [4.69, 9.17) is 13.5 Å². The summed E-state index contributed by atoms with van der Waals surface area (Å²) in [5, 5.41) is 0. The molecule has 0 unspecified atom stereocenters. The predicted molar refractivity (Wildman–Crippen MR) is 137 cm³/mol. The molecule has 0 saturated heterocycles. The first-order chi connectivity index (χ1) is 11.5. The molecule has 1 aliphatic rings. The maximum atomic E-state index is 5.51. The van der Waals surface area contributed by atoms with Crippen molar-refractivity contribution >= 4 is 85.1 Å². The summed E-state index contributed by atoms with van der Waals surface area (Å²) in [6.07, 6.45) is 0. The van der Waals surface area contributed by atoms with Crippen LogP contribution in [0.25, 0.3) is 0 Å². The molecular formula is C12H30N3P3S6. The summed E-state index contributed by atoms with van der Waals surface area (Å²) in [4.78, 5) is 0. The maximum absolute atomic E-state index is 5.51. The molecular weight excluding hydrogens is 471 g/mol. The Kier molecular flexibility index (Phi) is 12.8. The molecule has 12 heteroatoms. The number of hydrogen-bond acceptors (Lipinski definition) is 9. The fourth-order valence-corrected chi connectivity index (χ4v) is 47.9. The third-order valence-electron chi connectivity index (χ3n) is 2.46. The van der Waals surface area contributed by atoms with Crippen LogP contribution in [-0.2, 0) is 0 Å². The van der Waals surface area contributed by atoms with E-state index in [1.807, 2.05) is 68.3 Å². The lowest BCUT2D eigenvalue weighted by atomic mass is 11.0. The van der Waals surface area contributed by atoms with E-state index in [0.717, 1.165) is 34.5 Å². The highest BCUT2D eigenvalue weighted by atomic mass is 33.1. The number of hydrogen-bond donors (Lipinski definition) is 0. The third kappa shape index (κ3) is 6.99. The molecule has 0 aromatic carbocycles. The van der Waals surface area contributed by atoms with Crippen molar-refractivity contribution in [1.82, 2.24) is 0 Å². The maximum Gasteiger partial charge on any atom is 0.190 e. The van der Waals surface area contributed by atoms with Crippen LogP contribution >= 0.6 is 85.1 Å². The van der Waals surface area contributed by atoms with Gasteiger partial charge in [0.05, 0.1) is 0 Å². The first-order valence-corrected chi connectivity index (χ1v) is 22.9. The van der Waals surface area contributed by atoms with Crippen molar-refractivity contribution < 1.29 is 0 Å². The molecule has 1 rings (SSSR count). The molecule has 0 bridgehead atoms. The van der Waals surface area contributed by atoms with Gasteiger partial charge in [0.25, 0.3) is 0 Å². The van der Waals surface area contributed by atoms with Gasteiger partial charge < -0.3 is 0 Å². The summed E-state index contributed by atoms with van der Waals surface area (Å²) in [6, 6.07) is 0. The topological polar surface area (TPSA) is 37.1 Å². The van der Waals surface area contributed by atoms with Gasteiger partial charge in [-0.3, -0.25) is 0 Å². The molecule has 0 aliphatic carbocycles. The Morgan fingerprint density at radius 2 is 0.583 bits per heavy atom. The SMILES string of the molecule is CCSP1(SCC)=NP(SCC)(SCC)=NP(SCC)(SCC)=N1. The minimum atomic E-state index is -1.75. The van der Waals surface area contributed by atoms with Crippen molar-refractivity contribution in [3.8, 4) is 0 Å². The zero-order valence-electron chi connectivity index (χ0n) is 15.4. The second-order valence-electron chi connectivity index (χ2n) is 4.25. The van der Waals surface area contributed by atoms with Crippen molar-refractivity contribution in [1.29, 1.82) is 0 Å². The van der Waals surface area contributed by atoms with Gasteiger partial charge in [0, 0.05) is 0 Å². The van der Waals surface area contributed by atoms with Crippen LogP contribution in [0.5, 0.6) is 0 Å². The van der Waals surface area contributed by atoms with Crippen molar-refractivity contribution in [3.63, 3.8) is 0 Å². The molecule has 0 spiro atoms. The molecule has 1 heterocycles. The molecule has 144 valence electrons. The summed E-state index contributed by atoms with van der Waals surface area (Å²) >= 11 is 12.1. The Balaban J connectivity index is 3.69. The summed E-state index contributed by atoms with van der Waals surface area (Å²) in [7, 11) is 0. The average molecular weight is 502 g/mol. The van der Waals surface area contributed by atoms with Crippen LogP contribution < -0.4 is 0 Å². The van der Waals surface area contributed by atoms with Crippen LogP contribution in [-0.4, -0.2) is 34.5 Å². The van der Waals surface area contributed by atoms with Crippen LogP contribution in [0.3, 0.4) is 0 Å². The van der Waals surface area contributed by atoms with E-state index in [-0.39, 0.29) is 0 Å². The highest BCUT2D eigenvalue weighted by Gasteiger charge is 2.37. The third-order valence-corrected chi connectivity index (χ3v) is 35.7. The Morgan fingerprint density at radius 3 is 0.708 bits per heavy atom. The minimum absolute atomic E-state index is 1.09. The standard InChI is InChI=1S/C12H30N3P3S6/c1-7-19-16(20-8-2)13-17(21-9-3,22-10-4)15-18(14-16,23-11-5)24-12-6/h7-12H2,1-6H3. The second kappa shape index (κ2) is 12.4. The monoisotopic (exact) mass is 501 g/mol. The molecule has 0 aromatic rings. The lowest BCUT2D eigenvalue weighted by Gasteiger charge is -2.33. The predicted octanol–water partition coefficient (Wildman–Crippen LogP) is 10.4.